The summed E-state index contributed by atoms with van der Waals surface area (Å²) in [6.45, 7) is 6.66. The quantitative estimate of drug-likeness (QED) is 0.674. The van der Waals surface area contributed by atoms with Gasteiger partial charge in [-0.15, -0.1) is 0 Å². The van der Waals surface area contributed by atoms with E-state index in [4.69, 9.17) is 11.6 Å². The Kier molecular flexibility index (Phi) is 5.29. The van der Waals surface area contributed by atoms with Gasteiger partial charge in [-0.2, -0.15) is 0 Å². The van der Waals surface area contributed by atoms with E-state index in [9.17, 15) is 4.79 Å². The summed E-state index contributed by atoms with van der Waals surface area (Å²) in [5.41, 5.74) is 0.769. The van der Waals surface area contributed by atoms with Crippen LogP contribution in [0.4, 0.5) is 5.82 Å². The van der Waals surface area contributed by atoms with Crippen LogP contribution < -0.4 is 10.5 Å². The fourth-order valence-corrected chi connectivity index (χ4v) is 4.57. The molecule has 0 spiro atoms. The maximum Gasteiger partial charge on any atom is 0.260 e. The summed E-state index contributed by atoms with van der Waals surface area (Å²) < 4.78 is 0. The van der Waals surface area contributed by atoms with Gasteiger partial charge in [0.1, 0.15) is 10.8 Å². The highest BCUT2D eigenvalue weighted by atomic mass is 35.5. The molecule has 1 fully saturated rings. The highest BCUT2D eigenvalue weighted by Crippen LogP contribution is 2.37. The van der Waals surface area contributed by atoms with Crippen molar-refractivity contribution in [3.8, 4) is 0 Å². The molecule has 0 radical (unpaired) electrons. The number of H-pyrrole nitrogens is 1. The Morgan fingerprint density at radius 1 is 1.21 bits per heavy atom. The first kappa shape index (κ1) is 19.2. The van der Waals surface area contributed by atoms with Crippen molar-refractivity contribution in [3.05, 3.63) is 46.2 Å². The van der Waals surface area contributed by atoms with E-state index < -0.39 is 0 Å². The van der Waals surface area contributed by atoms with Gasteiger partial charge in [0.15, 0.2) is 0 Å². The summed E-state index contributed by atoms with van der Waals surface area (Å²) in [7, 11) is 0. The third-order valence-corrected chi connectivity index (χ3v) is 7.17. The molecular weight excluding hydrogens is 394 g/mol. The lowest BCUT2D eigenvalue weighted by atomic mass is 9.78. The van der Waals surface area contributed by atoms with Gasteiger partial charge in [0.2, 0.25) is 0 Å². The smallest absolute Gasteiger partial charge is 0.260 e. The van der Waals surface area contributed by atoms with Crippen molar-refractivity contribution in [3.63, 3.8) is 0 Å². The molecule has 0 saturated carbocycles. The van der Waals surface area contributed by atoms with Gasteiger partial charge in [-0.05, 0) is 30.4 Å². The van der Waals surface area contributed by atoms with Crippen LogP contribution in [0.15, 0.2) is 45.6 Å². The van der Waals surface area contributed by atoms with Gasteiger partial charge in [0, 0.05) is 18.0 Å². The summed E-state index contributed by atoms with van der Waals surface area (Å²) in [4.78, 5) is 31.0. The van der Waals surface area contributed by atoms with Crippen LogP contribution in [0.2, 0.25) is 5.02 Å². The van der Waals surface area contributed by atoms with Crippen LogP contribution in [0.25, 0.3) is 10.9 Å². The van der Waals surface area contributed by atoms with E-state index in [1.807, 2.05) is 12.3 Å². The second-order valence-corrected chi connectivity index (χ2v) is 8.91. The van der Waals surface area contributed by atoms with Crippen molar-refractivity contribution < 1.29 is 0 Å². The minimum atomic E-state index is -0.247. The maximum absolute atomic E-state index is 12.1. The molecule has 4 rings (SSSR count). The highest BCUT2D eigenvalue weighted by molar-refractivity contribution is 7.99. The summed E-state index contributed by atoms with van der Waals surface area (Å²) >= 11 is 7.84. The topological polar surface area (TPSA) is 74.8 Å². The molecule has 146 valence electrons. The number of nitrogens with one attached hydrogen (secondary N) is 1. The predicted octanol–water partition coefficient (Wildman–Crippen LogP) is 4.53. The molecule has 3 aromatic rings. The van der Waals surface area contributed by atoms with Crippen molar-refractivity contribution in [1.82, 2.24) is 19.9 Å². The SMILES string of the molecule is CCC1(C)CCN(c2cnc(Sc3ccc4nc[nH]c(=O)c4c3Cl)cn2)CC1. The Bertz CT molecular complexity index is 1040. The Labute approximate surface area is 172 Å². The van der Waals surface area contributed by atoms with Gasteiger partial charge in [0.05, 0.1) is 34.6 Å². The van der Waals surface area contributed by atoms with E-state index in [-0.39, 0.29) is 5.56 Å². The third-order valence-electron chi connectivity index (χ3n) is 5.69. The first-order chi connectivity index (χ1) is 13.5. The first-order valence-electron chi connectivity index (χ1n) is 9.40. The molecule has 1 aliphatic heterocycles. The van der Waals surface area contributed by atoms with E-state index in [0.29, 0.717) is 21.3 Å². The number of fused-ring (bicyclic) bond motifs is 1. The maximum atomic E-state index is 12.1. The number of hydrogen-bond donors (Lipinski definition) is 1. The predicted molar refractivity (Wildman–Crippen MR) is 113 cm³/mol. The zero-order valence-corrected chi connectivity index (χ0v) is 17.5. The van der Waals surface area contributed by atoms with Crippen LogP contribution in [0, 0.1) is 5.41 Å². The second kappa shape index (κ2) is 7.72. The number of nitrogens with zero attached hydrogens (tertiary/aromatic N) is 4. The minimum absolute atomic E-state index is 0.247. The van der Waals surface area contributed by atoms with E-state index >= 15 is 0 Å². The Morgan fingerprint density at radius 2 is 2.00 bits per heavy atom. The van der Waals surface area contributed by atoms with Crippen molar-refractivity contribution >= 4 is 40.1 Å². The number of aromatic amines is 1. The van der Waals surface area contributed by atoms with Gasteiger partial charge in [-0.1, -0.05) is 43.6 Å². The molecule has 1 aliphatic rings. The molecular formula is C20H22ClN5OS. The number of piperidine rings is 1. The van der Waals surface area contributed by atoms with Gasteiger partial charge in [0.25, 0.3) is 5.56 Å². The van der Waals surface area contributed by atoms with Gasteiger partial charge >= 0.3 is 0 Å². The molecule has 0 atom stereocenters. The van der Waals surface area contributed by atoms with Gasteiger partial charge < -0.3 is 9.88 Å². The van der Waals surface area contributed by atoms with Gasteiger partial charge in [-0.25, -0.2) is 15.0 Å². The van der Waals surface area contributed by atoms with Crippen LogP contribution in [0.5, 0.6) is 0 Å². The van der Waals surface area contributed by atoms with E-state index in [1.165, 1.54) is 37.4 Å². The number of anilines is 1. The summed E-state index contributed by atoms with van der Waals surface area (Å²) in [5, 5.41) is 1.52. The Hall–Kier alpha value is -2.12. The summed E-state index contributed by atoms with van der Waals surface area (Å²) in [6.07, 6.45) is 8.53. The molecule has 2 aromatic heterocycles. The third kappa shape index (κ3) is 3.73. The molecule has 0 unspecified atom stereocenters. The molecule has 1 saturated heterocycles. The lowest BCUT2D eigenvalue weighted by molar-refractivity contribution is 0.237. The molecule has 8 heteroatoms. The zero-order chi connectivity index (χ0) is 19.7. The highest BCUT2D eigenvalue weighted by Gasteiger charge is 2.28. The summed E-state index contributed by atoms with van der Waals surface area (Å²) in [6, 6.07) is 3.65. The van der Waals surface area contributed by atoms with Crippen LogP contribution in [-0.2, 0) is 0 Å². The first-order valence-corrected chi connectivity index (χ1v) is 10.6. The van der Waals surface area contributed by atoms with E-state index in [2.05, 4.69) is 38.7 Å². The van der Waals surface area contributed by atoms with Crippen molar-refractivity contribution in [2.24, 2.45) is 5.41 Å². The molecule has 1 aromatic carbocycles. The van der Waals surface area contributed by atoms with E-state index in [1.54, 1.807) is 12.3 Å². The number of hydrogen-bond acceptors (Lipinski definition) is 6. The zero-order valence-electron chi connectivity index (χ0n) is 15.9. The van der Waals surface area contributed by atoms with Crippen molar-refractivity contribution in [2.45, 2.75) is 43.0 Å². The standard InChI is InChI=1S/C20H22ClN5OS/c1-3-20(2)6-8-26(9-7-20)15-10-23-16(11-22-15)28-14-5-4-13-17(18(14)21)19(27)25-12-24-13/h4-5,10-12H,3,6-9H2,1-2H3,(H,24,25,27). The lowest BCUT2D eigenvalue weighted by Gasteiger charge is -2.39. The van der Waals surface area contributed by atoms with Crippen molar-refractivity contribution in [1.29, 1.82) is 0 Å². The fraction of sp³-hybridized carbons (Fsp3) is 0.400. The number of rotatable bonds is 4. The normalized spacial score (nSPS) is 16.5. The molecule has 0 aliphatic carbocycles. The van der Waals surface area contributed by atoms with Crippen LogP contribution in [0.1, 0.15) is 33.1 Å². The Balaban J connectivity index is 1.51. The molecule has 28 heavy (non-hydrogen) atoms. The second-order valence-electron chi connectivity index (χ2n) is 7.47. The molecule has 3 heterocycles. The number of halogens is 1. The molecule has 0 bridgehead atoms. The minimum Gasteiger partial charge on any atom is -0.355 e. The average molecular weight is 416 g/mol. The summed E-state index contributed by atoms with van der Waals surface area (Å²) in [5.74, 6) is 0.910. The molecule has 1 N–H and O–H groups in total. The fourth-order valence-electron chi connectivity index (χ4n) is 3.45. The number of aromatic nitrogens is 4. The largest absolute Gasteiger partial charge is 0.355 e. The number of benzene rings is 1. The van der Waals surface area contributed by atoms with Crippen LogP contribution in [-0.4, -0.2) is 33.0 Å². The average Bonchev–Trinajstić information content (AvgIpc) is 2.71. The molecule has 0 amide bonds. The monoisotopic (exact) mass is 415 g/mol. The Morgan fingerprint density at radius 3 is 2.68 bits per heavy atom. The van der Waals surface area contributed by atoms with Gasteiger partial charge in [-0.3, -0.25) is 4.79 Å². The lowest BCUT2D eigenvalue weighted by Crippen LogP contribution is -2.38. The molecule has 6 nitrogen and oxygen atoms in total. The van der Waals surface area contributed by atoms with Crippen molar-refractivity contribution in [2.75, 3.05) is 18.0 Å². The van der Waals surface area contributed by atoms with Crippen LogP contribution >= 0.6 is 23.4 Å². The van der Waals surface area contributed by atoms with E-state index in [0.717, 1.165) is 28.8 Å². The van der Waals surface area contributed by atoms with Crippen LogP contribution in [0.3, 0.4) is 0 Å².